The number of halogens is 1. The normalized spacial score (nSPS) is 17.0. The van der Waals surface area contributed by atoms with Crippen LogP contribution in [0.15, 0.2) is 59.7 Å². The van der Waals surface area contributed by atoms with Gasteiger partial charge < -0.3 is 19.6 Å². The van der Waals surface area contributed by atoms with E-state index < -0.39 is 0 Å². The van der Waals surface area contributed by atoms with E-state index in [1.165, 1.54) is 11.3 Å². The molecule has 1 fully saturated rings. The van der Waals surface area contributed by atoms with E-state index in [9.17, 15) is 5.11 Å². The number of hydrogen-bond donors (Lipinski definition) is 2. The topological polar surface area (TPSA) is 72.7 Å². The van der Waals surface area contributed by atoms with Crippen LogP contribution in [-0.4, -0.2) is 48.8 Å². The van der Waals surface area contributed by atoms with Crippen LogP contribution in [0, 0.1) is 5.41 Å². The number of amidine groups is 1. The quantitative estimate of drug-likeness (QED) is 0.578. The van der Waals surface area contributed by atoms with Crippen LogP contribution in [0.1, 0.15) is 5.01 Å². The first-order valence-corrected chi connectivity index (χ1v) is 11.3. The number of nitrogens with one attached hydrogen (secondary N) is 1. The third-order valence-corrected chi connectivity index (χ3v) is 6.61. The summed E-state index contributed by atoms with van der Waals surface area (Å²) in [5.41, 5.74) is 4.26. The third kappa shape index (κ3) is 3.92. The summed E-state index contributed by atoms with van der Waals surface area (Å²) in [6.45, 7) is 3.51. The fraction of sp³-hybridized carbons (Fsp3) is 0.217. The van der Waals surface area contributed by atoms with Crippen LogP contribution < -0.4 is 9.80 Å². The Morgan fingerprint density at radius 3 is 2.39 bits per heavy atom. The molecule has 3 heterocycles. The lowest BCUT2D eigenvalue weighted by atomic mass is 10.2. The molecule has 158 valence electrons. The molecule has 2 aliphatic rings. The number of morpholine rings is 1. The van der Waals surface area contributed by atoms with E-state index in [-0.39, 0.29) is 18.1 Å². The molecular formula is C23H21ClN4O2S. The lowest BCUT2D eigenvalue weighted by Gasteiger charge is -2.29. The molecule has 1 aromatic heterocycles. The Bertz CT molecular complexity index is 1140. The molecule has 2 aromatic carbocycles. The fourth-order valence-corrected chi connectivity index (χ4v) is 4.85. The summed E-state index contributed by atoms with van der Waals surface area (Å²) in [5, 5.41) is 22.6. The van der Waals surface area contributed by atoms with Crippen molar-refractivity contribution in [2.24, 2.45) is 0 Å². The van der Waals surface area contributed by atoms with Crippen molar-refractivity contribution in [1.29, 1.82) is 5.41 Å². The van der Waals surface area contributed by atoms with Gasteiger partial charge >= 0.3 is 0 Å². The van der Waals surface area contributed by atoms with E-state index in [0.717, 1.165) is 48.9 Å². The van der Waals surface area contributed by atoms with E-state index in [0.29, 0.717) is 15.6 Å². The average Bonchev–Trinajstić information content (AvgIpc) is 3.39. The highest BCUT2D eigenvalue weighted by atomic mass is 35.5. The summed E-state index contributed by atoms with van der Waals surface area (Å²) in [4.78, 5) is 8.76. The molecule has 0 aliphatic carbocycles. The van der Waals surface area contributed by atoms with E-state index in [1.54, 1.807) is 4.90 Å². The predicted molar refractivity (Wildman–Crippen MR) is 127 cm³/mol. The molecule has 31 heavy (non-hydrogen) atoms. The standard InChI is InChI=1S/C23H21ClN4O2S/c24-16-3-1-15(2-4-16)19-14-31-23(26-19)21-20(29)13-28(22(21)25)18-7-5-17(6-8-18)27-9-11-30-12-10-27/h1-8,14,25,29H,9-13H2. The smallest absolute Gasteiger partial charge is 0.139 e. The maximum absolute atomic E-state index is 10.6. The zero-order valence-electron chi connectivity index (χ0n) is 16.7. The molecule has 2 N–H and O–H groups in total. The number of aliphatic hydroxyl groups is 1. The average molecular weight is 453 g/mol. The van der Waals surface area contributed by atoms with E-state index >= 15 is 0 Å². The number of benzene rings is 2. The lowest BCUT2D eigenvalue weighted by molar-refractivity contribution is 0.122. The van der Waals surface area contributed by atoms with Crippen molar-refractivity contribution in [3.05, 3.63) is 69.7 Å². The van der Waals surface area contributed by atoms with Crippen molar-refractivity contribution in [2.75, 3.05) is 42.6 Å². The molecule has 1 saturated heterocycles. The SMILES string of the molecule is N=C1C(c2nc(-c3ccc(Cl)cc3)cs2)=C(O)CN1c1ccc(N2CCOCC2)cc1. The zero-order valence-corrected chi connectivity index (χ0v) is 18.3. The highest BCUT2D eigenvalue weighted by Gasteiger charge is 2.31. The molecule has 3 aromatic rings. The van der Waals surface area contributed by atoms with Gasteiger partial charge in [0, 0.05) is 40.4 Å². The van der Waals surface area contributed by atoms with Crippen molar-refractivity contribution in [3.8, 4) is 11.3 Å². The summed E-state index contributed by atoms with van der Waals surface area (Å²) in [5.74, 6) is 0.424. The molecule has 0 amide bonds. The van der Waals surface area contributed by atoms with Crippen LogP contribution in [0.5, 0.6) is 0 Å². The van der Waals surface area contributed by atoms with Crippen LogP contribution in [0.25, 0.3) is 16.8 Å². The fourth-order valence-electron chi connectivity index (χ4n) is 3.83. The Morgan fingerprint density at radius 2 is 1.68 bits per heavy atom. The van der Waals surface area contributed by atoms with Crippen LogP contribution in [0.2, 0.25) is 5.02 Å². The second kappa shape index (κ2) is 8.34. The minimum Gasteiger partial charge on any atom is -0.510 e. The Morgan fingerprint density at radius 1 is 1.00 bits per heavy atom. The number of anilines is 2. The van der Waals surface area contributed by atoms with Crippen LogP contribution >= 0.6 is 22.9 Å². The summed E-state index contributed by atoms with van der Waals surface area (Å²) >= 11 is 7.40. The molecular weight excluding hydrogens is 432 g/mol. The van der Waals surface area contributed by atoms with Crippen molar-refractivity contribution in [3.63, 3.8) is 0 Å². The van der Waals surface area contributed by atoms with Gasteiger partial charge in [0.1, 0.15) is 16.6 Å². The van der Waals surface area contributed by atoms with Crippen LogP contribution in [0.4, 0.5) is 11.4 Å². The highest BCUT2D eigenvalue weighted by Crippen LogP contribution is 2.35. The van der Waals surface area contributed by atoms with E-state index in [2.05, 4.69) is 22.0 Å². The Balaban J connectivity index is 1.35. The number of rotatable bonds is 4. The van der Waals surface area contributed by atoms with Crippen molar-refractivity contribution >= 4 is 45.7 Å². The highest BCUT2D eigenvalue weighted by molar-refractivity contribution is 7.11. The molecule has 0 radical (unpaired) electrons. The lowest BCUT2D eigenvalue weighted by Crippen LogP contribution is -2.36. The van der Waals surface area contributed by atoms with Crippen LogP contribution in [0.3, 0.4) is 0 Å². The number of hydrogen-bond acceptors (Lipinski definition) is 6. The van der Waals surface area contributed by atoms with Gasteiger partial charge in [0.25, 0.3) is 0 Å². The van der Waals surface area contributed by atoms with Gasteiger partial charge in [-0.2, -0.15) is 0 Å². The molecule has 0 saturated carbocycles. The van der Waals surface area contributed by atoms with Gasteiger partial charge in [0.15, 0.2) is 0 Å². The van der Waals surface area contributed by atoms with E-state index in [1.807, 2.05) is 41.8 Å². The second-order valence-electron chi connectivity index (χ2n) is 7.42. The van der Waals surface area contributed by atoms with E-state index in [4.69, 9.17) is 21.7 Å². The summed E-state index contributed by atoms with van der Waals surface area (Å²) in [7, 11) is 0. The molecule has 6 nitrogen and oxygen atoms in total. The molecule has 8 heteroatoms. The second-order valence-corrected chi connectivity index (χ2v) is 8.71. The predicted octanol–water partition coefficient (Wildman–Crippen LogP) is 5.07. The number of ether oxygens (including phenoxy) is 1. The minimum absolute atomic E-state index is 0.166. The van der Waals surface area contributed by atoms with Crippen molar-refractivity contribution in [1.82, 2.24) is 4.98 Å². The summed E-state index contributed by atoms with van der Waals surface area (Å²) in [6.07, 6.45) is 0. The van der Waals surface area contributed by atoms with Crippen molar-refractivity contribution in [2.45, 2.75) is 0 Å². The molecule has 0 spiro atoms. The minimum atomic E-state index is 0.166. The first-order chi connectivity index (χ1) is 15.1. The number of nitrogens with zero attached hydrogens (tertiary/aromatic N) is 3. The number of thiazole rings is 1. The maximum Gasteiger partial charge on any atom is 0.139 e. The molecule has 2 aliphatic heterocycles. The summed E-state index contributed by atoms with van der Waals surface area (Å²) < 4.78 is 5.42. The van der Waals surface area contributed by atoms with Crippen LogP contribution in [-0.2, 0) is 4.74 Å². The Kier molecular flexibility index (Phi) is 5.40. The first-order valence-electron chi connectivity index (χ1n) is 10.0. The Labute approximate surface area is 189 Å². The van der Waals surface area contributed by atoms with Crippen molar-refractivity contribution < 1.29 is 9.84 Å². The van der Waals surface area contributed by atoms with Gasteiger partial charge in [-0.25, -0.2) is 4.98 Å². The molecule has 0 unspecified atom stereocenters. The summed E-state index contributed by atoms with van der Waals surface area (Å²) in [6, 6.07) is 15.6. The first kappa shape index (κ1) is 20.1. The molecule has 0 atom stereocenters. The third-order valence-electron chi connectivity index (χ3n) is 5.50. The maximum atomic E-state index is 10.6. The Hall–Kier alpha value is -2.87. The van der Waals surface area contributed by atoms with Gasteiger partial charge in [-0.3, -0.25) is 5.41 Å². The molecule has 0 bridgehead atoms. The molecule has 5 rings (SSSR count). The van der Waals surface area contributed by atoms with Gasteiger partial charge in [-0.1, -0.05) is 23.7 Å². The monoisotopic (exact) mass is 452 g/mol. The number of aromatic nitrogens is 1. The largest absolute Gasteiger partial charge is 0.510 e. The van der Waals surface area contributed by atoms with Gasteiger partial charge in [0.2, 0.25) is 0 Å². The van der Waals surface area contributed by atoms with Gasteiger partial charge in [-0.15, -0.1) is 11.3 Å². The van der Waals surface area contributed by atoms with Gasteiger partial charge in [-0.05, 0) is 36.4 Å². The number of aliphatic hydroxyl groups excluding tert-OH is 1. The van der Waals surface area contributed by atoms with Gasteiger partial charge in [0.05, 0.1) is 31.0 Å². The zero-order chi connectivity index (χ0) is 21.4.